The van der Waals surface area contributed by atoms with Crippen LogP contribution in [0.2, 0.25) is 0 Å². The van der Waals surface area contributed by atoms with E-state index in [-0.39, 0.29) is 6.10 Å². The zero-order valence-corrected chi connectivity index (χ0v) is 11.8. The summed E-state index contributed by atoms with van der Waals surface area (Å²) < 4.78 is 0. The van der Waals surface area contributed by atoms with Crippen LogP contribution < -0.4 is 5.73 Å². The van der Waals surface area contributed by atoms with Crippen molar-refractivity contribution >= 4 is 17.2 Å². The Morgan fingerprint density at radius 2 is 2.00 bits per heavy atom. The minimum absolute atomic E-state index is 0.0769. The summed E-state index contributed by atoms with van der Waals surface area (Å²) in [6.07, 6.45) is 2.10. The fourth-order valence-corrected chi connectivity index (χ4v) is 3.63. The van der Waals surface area contributed by atoms with E-state index < -0.39 is 0 Å². The molecule has 1 aliphatic heterocycles. The molecule has 3 N–H and O–H groups in total. The second-order valence-corrected chi connectivity index (χ2v) is 6.26. The van der Waals surface area contributed by atoms with Crippen molar-refractivity contribution in [2.75, 3.05) is 13.1 Å². The van der Waals surface area contributed by atoms with E-state index in [1.807, 2.05) is 12.1 Å². The molecule has 1 heterocycles. The Morgan fingerprint density at radius 3 is 2.63 bits per heavy atom. The van der Waals surface area contributed by atoms with Gasteiger partial charge >= 0.3 is 0 Å². The lowest BCUT2D eigenvalue weighted by Gasteiger charge is -2.18. The maximum Gasteiger partial charge on any atom is 0.103 e. The van der Waals surface area contributed by atoms with Crippen molar-refractivity contribution < 1.29 is 5.11 Å². The summed E-state index contributed by atoms with van der Waals surface area (Å²) >= 11 is 4.96. The fraction of sp³-hybridized carbons (Fsp3) is 0.533. The predicted octanol–water partition coefficient (Wildman–Crippen LogP) is 1.52. The van der Waals surface area contributed by atoms with Crippen molar-refractivity contribution in [1.82, 2.24) is 4.90 Å². The number of thiocarbonyl (C=S) groups is 1. The number of nitrogens with two attached hydrogens (primary N) is 1. The molecule has 2 fully saturated rings. The number of aliphatic hydroxyl groups is 1. The summed E-state index contributed by atoms with van der Waals surface area (Å²) in [5.41, 5.74) is 7.81. The molecule has 3 atom stereocenters. The van der Waals surface area contributed by atoms with Crippen LogP contribution in [0, 0.1) is 11.8 Å². The quantitative estimate of drug-likeness (QED) is 0.822. The highest BCUT2D eigenvalue weighted by molar-refractivity contribution is 7.80. The van der Waals surface area contributed by atoms with Crippen LogP contribution in [-0.2, 0) is 6.54 Å². The van der Waals surface area contributed by atoms with E-state index in [9.17, 15) is 5.11 Å². The largest absolute Gasteiger partial charge is 0.393 e. The van der Waals surface area contributed by atoms with Crippen LogP contribution in [-0.4, -0.2) is 34.2 Å². The molecular formula is C15H20N2OS. The Balaban J connectivity index is 1.62. The number of aliphatic hydroxyl groups excluding tert-OH is 1. The fourth-order valence-electron chi connectivity index (χ4n) is 3.49. The molecule has 0 bridgehead atoms. The minimum atomic E-state index is -0.0769. The second-order valence-electron chi connectivity index (χ2n) is 5.82. The zero-order chi connectivity index (χ0) is 13.4. The predicted molar refractivity (Wildman–Crippen MR) is 79.8 cm³/mol. The monoisotopic (exact) mass is 276 g/mol. The van der Waals surface area contributed by atoms with Crippen molar-refractivity contribution in [3.05, 3.63) is 35.4 Å². The molecule has 3 rings (SSSR count). The van der Waals surface area contributed by atoms with Gasteiger partial charge in [0.25, 0.3) is 0 Å². The standard InChI is InChI=1S/C15H20N2OS/c16-15(19)11-3-1-10(2-4-11)7-17-8-12-5-6-14(18)13(12)9-17/h1-4,12-14,18H,5-9H2,(H2,16,19). The molecule has 3 unspecified atom stereocenters. The number of likely N-dealkylation sites (tertiary alicyclic amines) is 1. The third-order valence-corrected chi connectivity index (χ3v) is 4.78. The third-order valence-electron chi connectivity index (χ3n) is 4.54. The van der Waals surface area contributed by atoms with Gasteiger partial charge in [-0.25, -0.2) is 0 Å². The van der Waals surface area contributed by atoms with E-state index in [2.05, 4.69) is 17.0 Å². The maximum atomic E-state index is 9.93. The van der Waals surface area contributed by atoms with E-state index in [0.29, 0.717) is 16.8 Å². The van der Waals surface area contributed by atoms with Gasteiger partial charge in [-0.15, -0.1) is 0 Å². The Kier molecular flexibility index (Phi) is 3.56. The highest BCUT2D eigenvalue weighted by atomic mass is 32.1. The van der Waals surface area contributed by atoms with Crippen molar-refractivity contribution in [3.63, 3.8) is 0 Å². The second kappa shape index (κ2) is 5.19. The normalized spacial score (nSPS) is 30.5. The third kappa shape index (κ3) is 2.66. The molecule has 0 aromatic heterocycles. The van der Waals surface area contributed by atoms with E-state index in [0.717, 1.165) is 31.6 Å². The molecule has 0 amide bonds. The Bertz CT molecular complexity index is 474. The van der Waals surface area contributed by atoms with Gasteiger partial charge in [0.05, 0.1) is 6.10 Å². The average molecular weight is 276 g/mol. The molecule has 1 aromatic rings. The maximum absolute atomic E-state index is 9.93. The molecule has 0 spiro atoms. The molecule has 3 nitrogen and oxygen atoms in total. The molecule has 4 heteroatoms. The van der Waals surface area contributed by atoms with Crippen molar-refractivity contribution in [1.29, 1.82) is 0 Å². The van der Waals surface area contributed by atoms with E-state index in [1.54, 1.807) is 0 Å². The summed E-state index contributed by atoms with van der Waals surface area (Å²) in [5, 5.41) is 9.93. The average Bonchev–Trinajstić information content (AvgIpc) is 2.93. The summed E-state index contributed by atoms with van der Waals surface area (Å²) in [7, 11) is 0. The van der Waals surface area contributed by atoms with Crippen molar-refractivity contribution in [2.24, 2.45) is 17.6 Å². The molecule has 1 saturated carbocycles. The molecular weight excluding hydrogens is 256 g/mol. The number of fused-ring (bicyclic) bond motifs is 1. The van der Waals surface area contributed by atoms with Gasteiger partial charge in [0, 0.05) is 31.1 Å². The topological polar surface area (TPSA) is 49.5 Å². The lowest BCUT2D eigenvalue weighted by Crippen LogP contribution is -2.24. The van der Waals surface area contributed by atoms with Crippen LogP contribution in [0.15, 0.2) is 24.3 Å². The number of hydrogen-bond donors (Lipinski definition) is 2. The molecule has 1 aliphatic carbocycles. The zero-order valence-electron chi connectivity index (χ0n) is 11.0. The summed E-state index contributed by atoms with van der Waals surface area (Å²) in [4.78, 5) is 2.90. The van der Waals surface area contributed by atoms with Gasteiger partial charge in [-0.2, -0.15) is 0 Å². The molecule has 102 valence electrons. The molecule has 2 aliphatic rings. The first-order valence-electron chi connectivity index (χ1n) is 6.92. The first kappa shape index (κ1) is 13.0. The van der Waals surface area contributed by atoms with E-state index in [4.69, 9.17) is 18.0 Å². The highest BCUT2D eigenvalue weighted by Crippen LogP contribution is 2.38. The number of rotatable bonds is 3. The van der Waals surface area contributed by atoms with Crippen LogP contribution in [0.1, 0.15) is 24.0 Å². The van der Waals surface area contributed by atoms with Crippen LogP contribution in [0.25, 0.3) is 0 Å². The smallest absolute Gasteiger partial charge is 0.103 e. The molecule has 0 radical (unpaired) electrons. The summed E-state index contributed by atoms with van der Waals surface area (Å²) in [6.45, 7) is 3.11. The van der Waals surface area contributed by atoms with Gasteiger partial charge < -0.3 is 10.8 Å². The van der Waals surface area contributed by atoms with Gasteiger partial charge in [-0.1, -0.05) is 36.5 Å². The van der Waals surface area contributed by atoms with Crippen LogP contribution in [0.5, 0.6) is 0 Å². The molecule has 1 aromatic carbocycles. The minimum Gasteiger partial charge on any atom is -0.393 e. The first-order valence-corrected chi connectivity index (χ1v) is 7.33. The van der Waals surface area contributed by atoms with Gasteiger partial charge in [0.1, 0.15) is 4.99 Å². The lowest BCUT2D eigenvalue weighted by molar-refractivity contribution is 0.123. The number of nitrogens with zero attached hydrogens (tertiary/aromatic N) is 1. The van der Waals surface area contributed by atoms with Crippen LogP contribution in [0.3, 0.4) is 0 Å². The van der Waals surface area contributed by atoms with Crippen molar-refractivity contribution in [2.45, 2.75) is 25.5 Å². The molecule has 19 heavy (non-hydrogen) atoms. The van der Waals surface area contributed by atoms with Crippen molar-refractivity contribution in [3.8, 4) is 0 Å². The van der Waals surface area contributed by atoms with Gasteiger partial charge in [0.15, 0.2) is 0 Å². The summed E-state index contributed by atoms with van der Waals surface area (Å²) in [6, 6.07) is 8.17. The van der Waals surface area contributed by atoms with Crippen LogP contribution >= 0.6 is 12.2 Å². The molecule has 1 saturated heterocycles. The number of benzene rings is 1. The first-order chi connectivity index (χ1) is 9.13. The summed E-state index contributed by atoms with van der Waals surface area (Å²) in [5.74, 6) is 1.20. The Labute approximate surface area is 119 Å². The number of hydrogen-bond acceptors (Lipinski definition) is 3. The van der Waals surface area contributed by atoms with Crippen LogP contribution in [0.4, 0.5) is 0 Å². The highest BCUT2D eigenvalue weighted by Gasteiger charge is 2.41. The van der Waals surface area contributed by atoms with E-state index >= 15 is 0 Å². The van der Waals surface area contributed by atoms with Gasteiger partial charge in [0.2, 0.25) is 0 Å². The Morgan fingerprint density at radius 1 is 1.26 bits per heavy atom. The Hall–Kier alpha value is -0.970. The SMILES string of the molecule is NC(=S)c1ccc(CN2CC3CCC(O)C3C2)cc1. The van der Waals surface area contributed by atoms with Gasteiger partial charge in [-0.3, -0.25) is 4.90 Å². The van der Waals surface area contributed by atoms with Gasteiger partial charge in [-0.05, 0) is 24.3 Å². The lowest BCUT2D eigenvalue weighted by atomic mass is 10.00. The van der Waals surface area contributed by atoms with E-state index in [1.165, 1.54) is 12.0 Å².